The Balaban J connectivity index is 2.67. The molecule has 0 spiro atoms. The van der Waals surface area contributed by atoms with Gasteiger partial charge >= 0.3 is 0 Å². The zero-order chi connectivity index (χ0) is 14.0. The van der Waals surface area contributed by atoms with Crippen molar-refractivity contribution in [2.75, 3.05) is 0 Å². The molecular formula is C14H10Cl2FNO. The lowest BCUT2D eigenvalue weighted by Crippen LogP contribution is -1.96. The molecule has 0 aliphatic heterocycles. The first-order chi connectivity index (χ1) is 9.06. The lowest BCUT2D eigenvalue weighted by atomic mass is 10.00. The topological polar surface area (TPSA) is 30.0 Å². The number of hydrogen-bond acceptors (Lipinski definition) is 2. The van der Waals surface area contributed by atoms with Crippen molar-refractivity contribution in [3.63, 3.8) is 0 Å². The SMILES string of the molecule is CCc1ccc(-c2cc(Cl)nc(Cl)c2C=O)c(F)c1. The summed E-state index contributed by atoms with van der Waals surface area (Å²) in [6, 6.07) is 6.28. The van der Waals surface area contributed by atoms with Gasteiger partial charge in [0.05, 0.1) is 5.56 Å². The van der Waals surface area contributed by atoms with Gasteiger partial charge in [0.2, 0.25) is 0 Å². The normalized spacial score (nSPS) is 10.5. The van der Waals surface area contributed by atoms with Crippen LogP contribution in [0.2, 0.25) is 10.3 Å². The highest BCUT2D eigenvalue weighted by Crippen LogP contribution is 2.31. The Morgan fingerprint density at radius 3 is 2.58 bits per heavy atom. The van der Waals surface area contributed by atoms with Gasteiger partial charge in [0.15, 0.2) is 6.29 Å². The maximum atomic E-state index is 14.1. The van der Waals surface area contributed by atoms with E-state index >= 15 is 0 Å². The number of aromatic nitrogens is 1. The van der Waals surface area contributed by atoms with E-state index in [4.69, 9.17) is 23.2 Å². The third kappa shape index (κ3) is 2.77. The van der Waals surface area contributed by atoms with E-state index in [1.54, 1.807) is 12.1 Å². The molecule has 1 heterocycles. The van der Waals surface area contributed by atoms with Crippen LogP contribution in [0.1, 0.15) is 22.8 Å². The summed E-state index contributed by atoms with van der Waals surface area (Å²) >= 11 is 11.7. The fraction of sp³-hybridized carbons (Fsp3) is 0.143. The molecule has 0 bridgehead atoms. The van der Waals surface area contributed by atoms with E-state index in [1.807, 2.05) is 6.92 Å². The van der Waals surface area contributed by atoms with Crippen LogP contribution in [0.5, 0.6) is 0 Å². The molecule has 0 fully saturated rings. The fourth-order valence-electron chi connectivity index (χ4n) is 1.83. The van der Waals surface area contributed by atoms with Gasteiger partial charge < -0.3 is 0 Å². The van der Waals surface area contributed by atoms with Crippen molar-refractivity contribution in [1.82, 2.24) is 4.98 Å². The first kappa shape index (κ1) is 14.0. The molecule has 0 atom stereocenters. The van der Waals surface area contributed by atoms with Crippen molar-refractivity contribution < 1.29 is 9.18 Å². The second kappa shape index (κ2) is 5.68. The molecule has 0 N–H and O–H groups in total. The predicted molar refractivity (Wildman–Crippen MR) is 74.4 cm³/mol. The van der Waals surface area contributed by atoms with Gasteiger partial charge in [-0.05, 0) is 24.1 Å². The third-order valence-corrected chi connectivity index (χ3v) is 3.31. The summed E-state index contributed by atoms with van der Waals surface area (Å²) in [6.45, 7) is 1.94. The predicted octanol–water partition coefficient (Wildman–Crippen LogP) is 4.57. The van der Waals surface area contributed by atoms with Gasteiger partial charge in [-0.15, -0.1) is 0 Å². The van der Waals surface area contributed by atoms with Crippen LogP contribution in [0.25, 0.3) is 11.1 Å². The van der Waals surface area contributed by atoms with Crippen molar-refractivity contribution >= 4 is 29.5 Å². The van der Waals surface area contributed by atoms with E-state index in [2.05, 4.69) is 4.98 Å². The van der Waals surface area contributed by atoms with E-state index in [9.17, 15) is 9.18 Å². The molecule has 2 nitrogen and oxygen atoms in total. The van der Waals surface area contributed by atoms with Gasteiger partial charge in [-0.1, -0.05) is 42.3 Å². The molecule has 0 amide bonds. The Labute approximate surface area is 120 Å². The molecule has 0 radical (unpaired) electrons. The van der Waals surface area contributed by atoms with Crippen LogP contribution in [-0.2, 0) is 6.42 Å². The second-order valence-corrected chi connectivity index (χ2v) is 4.73. The number of rotatable bonds is 3. The van der Waals surface area contributed by atoms with E-state index in [0.717, 1.165) is 12.0 Å². The van der Waals surface area contributed by atoms with Crippen LogP contribution >= 0.6 is 23.2 Å². The maximum absolute atomic E-state index is 14.1. The summed E-state index contributed by atoms with van der Waals surface area (Å²) in [7, 11) is 0. The van der Waals surface area contributed by atoms with Crippen LogP contribution in [0.4, 0.5) is 4.39 Å². The Bertz CT molecular complexity index is 644. The Morgan fingerprint density at radius 1 is 1.26 bits per heavy atom. The second-order valence-electron chi connectivity index (χ2n) is 3.98. The minimum atomic E-state index is -0.416. The highest BCUT2D eigenvalue weighted by molar-refractivity contribution is 6.34. The van der Waals surface area contributed by atoms with Gasteiger partial charge in [-0.25, -0.2) is 9.37 Å². The highest BCUT2D eigenvalue weighted by Gasteiger charge is 2.15. The number of benzene rings is 1. The molecule has 19 heavy (non-hydrogen) atoms. The monoisotopic (exact) mass is 297 g/mol. The Hall–Kier alpha value is -1.45. The molecule has 1 aromatic carbocycles. The smallest absolute Gasteiger partial charge is 0.153 e. The number of hydrogen-bond donors (Lipinski definition) is 0. The molecule has 0 saturated carbocycles. The van der Waals surface area contributed by atoms with Crippen molar-refractivity contribution in [2.45, 2.75) is 13.3 Å². The molecule has 5 heteroatoms. The number of aryl methyl sites for hydroxylation is 1. The zero-order valence-corrected chi connectivity index (χ0v) is 11.6. The quantitative estimate of drug-likeness (QED) is 0.613. The minimum absolute atomic E-state index is 0.0310. The molecule has 98 valence electrons. The molecule has 0 aliphatic carbocycles. The van der Waals surface area contributed by atoms with Crippen molar-refractivity contribution in [2.24, 2.45) is 0 Å². The first-order valence-electron chi connectivity index (χ1n) is 5.66. The standard InChI is InChI=1S/C14H10Cl2FNO/c1-2-8-3-4-9(12(17)5-8)10-6-13(15)18-14(16)11(10)7-19/h3-7H,2H2,1H3. The van der Waals surface area contributed by atoms with Gasteiger partial charge in [0, 0.05) is 11.1 Å². The first-order valence-corrected chi connectivity index (χ1v) is 6.42. The van der Waals surface area contributed by atoms with Crippen molar-refractivity contribution in [3.8, 4) is 11.1 Å². The molecule has 2 aromatic rings. The van der Waals surface area contributed by atoms with Crippen molar-refractivity contribution in [1.29, 1.82) is 0 Å². The van der Waals surface area contributed by atoms with Crippen LogP contribution in [-0.4, -0.2) is 11.3 Å². The minimum Gasteiger partial charge on any atom is -0.298 e. The highest BCUT2D eigenvalue weighted by atomic mass is 35.5. The Morgan fingerprint density at radius 2 is 2.00 bits per heavy atom. The summed E-state index contributed by atoms with van der Waals surface area (Å²) < 4.78 is 14.1. The largest absolute Gasteiger partial charge is 0.298 e. The zero-order valence-electron chi connectivity index (χ0n) is 10.1. The van der Waals surface area contributed by atoms with Gasteiger partial charge in [-0.3, -0.25) is 4.79 Å². The lowest BCUT2D eigenvalue weighted by molar-refractivity contribution is 0.112. The van der Waals surface area contributed by atoms with Crippen LogP contribution in [0.15, 0.2) is 24.3 Å². The third-order valence-electron chi connectivity index (χ3n) is 2.83. The number of carbonyl (C=O) groups is 1. The molecule has 2 rings (SSSR count). The molecule has 0 aliphatic rings. The number of carbonyl (C=O) groups excluding carboxylic acids is 1. The average Bonchev–Trinajstić information content (AvgIpc) is 2.37. The Kier molecular flexibility index (Phi) is 4.17. The lowest BCUT2D eigenvalue weighted by Gasteiger charge is -2.09. The number of nitrogens with zero attached hydrogens (tertiary/aromatic N) is 1. The summed E-state index contributed by atoms with van der Waals surface area (Å²) in [5.74, 6) is -0.416. The van der Waals surface area contributed by atoms with Crippen LogP contribution < -0.4 is 0 Å². The molecular weight excluding hydrogens is 288 g/mol. The van der Waals surface area contributed by atoms with Gasteiger partial charge in [0.1, 0.15) is 16.1 Å². The summed E-state index contributed by atoms with van der Waals surface area (Å²) in [5, 5.41) is 0.0843. The van der Waals surface area contributed by atoms with Gasteiger partial charge in [-0.2, -0.15) is 0 Å². The number of halogens is 3. The number of pyridine rings is 1. The van der Waals surface area contributed by atoms with Crippen LogP contribution in [0, 0.1) is 5.82 Å². The van der Waals surface area contributed by atoms with Gasteiger partial charge in [0.25, 0.3) is 0 Å². The molecule has 0 unspecified atom stereocenters. The van der Waals surface area contributed by atoms with E-state index in [0.29, 0.717) is 11.8 Å². The summed E-state index contributed by atoms with van der Waals surface area (Å²) in [5.41, 5.74) is 1.64. The average molecular weight is 298 g/mol. The number of aldehydes is 1. The molecule has 0 saturated heterocycles. The van der Waals surface area contributed by atoms with E-state index < -0.39 is 5.82 Å². The summed E-state index contributed by atoms with van der Waals surface area (Å²) in [6.07, 6.45) is 1.28. The van der Waals surface area contributed by atoms with E-state index in [-0.39, 0.29) is 21.4 Å². The van der Waals surface area contributed by atoms with Crippen molar-refractivity contribution in [3.05, 3.63) is 51.5 Å². The summed E-state index contributed by atoms with van der Waals surface area (Å²) in [4.78, 5) is 14.8. The van der Waals surface area contributed by atoms with E-state index in [1.165, 1.54) is 12.1 Å². The maximum Gasteiger partial charge on any atom is 0.153 e. The molecule has 1 aromatic heterocycles. The fourth-order valence-corrected chi connectivity index (χ4v) is 2.30. The van der Waals surface area contributed by atoms with Crippen LogP contribution in [0.3, 0.4) is 0 Å².